The van der Waals surface area contributed by atoms with Crippen molar-refractivity contribution in [2.45, 2.75) is 71.4 Å². The molecule has 3 aliphatic carbocycles. The van der Waals surface area contributed by atoms with Gasteiger partial charge in [-0.15, -0.1) is 0 Å². The lowest BCUT2D eigenvalue weighted by atomic mass is 9.69. The molecule has 4 rings (SSSR count). The molecule has 0 spiro atoms. The largest absolute Gasteiger partial charge is 0.254 e. The SMILES string of the molecule is CC1(C)[C@@H]2CC[C@]1(C)C1NNC(CC3CC3)CC12. The van der Waals surface area contributed by atoms with Gasteiger partial charge in [-0.1, -0.05) is 33.6 Å². The van der Waals surface area contributed by atoms with Crippen LogP contribution in [0.25, 0.3) is 0 Å². The molecule has 2 heteroatoms. The van der Waals surface area contributed by atoms with Crippen LogP contribution in [0.5, 0.6) is 0 Å². The smallest absolute Gasteiger partial charge is 0.0303 e. The van der Waals surface area contributed by atoms with Gasteiger partial charge in [-0.3, -0.25) is 10.9 Å². The minimum atomic E-state index is 0.514. The van der Waals surface area contributed by atoms with E-state index in [1.165, 1.54) is 38.5 Å². The van der Waals surface area contributed by atoms with Gasteiger partial charge in [0.05, 0.1) is 0 Å². The first kappa shape index (κ1) is 11.7. The fourth-order valence-electron chi connectivity index (χ4n) is 5.65. The second kappa shape index (κ2) is 3.52. The molecule has 2 bridgehead atoms. The normalized spacial score (nSPS) is 53.5. The molecule has 0 amide bonds. The molecule has 1 saturated heterocycles. The van der Waals surface area contributed by atoms with E-state index in [1.807, 2.05) is 0 Å². The van der Waals surface area contributed by atoms with Crippen molar-refractivity contribution in [3.05, 3.63) is 0 Å². The summed E-state index contributed by atoms with van der Waals surface area (Å²) in [5.74, 6) is 2.94. The van der Waals surface area contributed by atoms with E-state index in [0.717, 1.165) is 29.8 Å². The second-order valence-corrected chi connectivity index (χ2v) is 8.33. The van der Waals surface area contributed by atoms with Gasteiger partial charge in [0.15, 0.2) is 0 Å². The van der Waals surface area contributed by atoms with Gasteiger partial charge < -0.3 is 0 Å². The van der Waals surface area contributed by atoms with Crippen LogP contribution in [0.3, 0.4) is 0 Å². The third-order valence-corrected chi connectivity index (χ3v) is 7.32. The monoisotopic (exact) mass is 248 g/mol. The van der Waals surface area contributed by atoms with Crippen molar-refractivity contribution >= 4 is 0 Å². The lowest BCUT2D eigenvalue weighted by Crippen LogP contribution is -2.60. The van der Waals surface area contributed by atoms with Crippen molar-refractivity contribution in [1.82, 2.24) is 10.9 Å². The molecule has 1 aliphatic heterocycles. The Kier molecular flexibility index (Phi) is 2.29. The van der Waals surface area contributed by atoms with Crippen molar-refractivity contribution in [1.29, 1.82) is 0 Å². The zero-order chi connectivity index (χ0) is 12.5. The van der Waals surface area contributed by atoms with Gasteiger partial charge in [0.1, 0.15) is 0 Å². The quantitative estimate of drug-likeness (QED) is 0.784. The number of rotatable bonds is 2. The average molecular weight is 248 g/mol. The first-order valence-corrected chi connectivity index (χ1v) is 8.03. The maximum absolute atomic E-state index is 3.74. The van der Waals surface area contributed by atoms with E-state index < -0.39 is 0 Å². The Morgan fingerprint density at radius 3 is 2.56 bits per heavy atom. The second-order valence-electron chi connectivity index (χ2n) is 8.33. The van der Waals surface area contributed by atoms with Crippen LogP contribution in [-0.2, 0) is 0 Å². The van der Waals surface area contributed by atoms with E-state index >= 15 is 0 Å². The van der Waals surface area contributed by atoms with Crippen LogP contribution < -0.4 is 10.9 Å². The number of hydrogen-bond donors (Lipinski definition) is 2. The highest BCUT2D eigenvalue weighted by molar-refractivity contribution is 5.17. The highest BCUT2D eigenvalue weighted by Crippen LogP contribution is 2.68. The van der Waals surface area contributed by atoms with Gasteiger partial charge in [-0.05, 0) is 54.3 Å². The maximum atomic E-state index is 3.74. The molecule has 4 fully saturated rings. The fraction of sp³-hybridized carbons (Fsp3) is 1.00. The highest BCUT2D eigenvalue weighted by atomic mass is 15.4. The van der Waals surface area contributed by atoms with Gasteiger partial charge in [0, 0.05) is 12.1 Å². The molecule has 18 heavy (non-hydrogen) atoms. The van der Waals surface area contributed by atoms with Crippen LogP contribution in [0.1, 0.15) is 59.3 Å². The van der Waals surface area contributed by atoms with E-state index in [4.69, 9.17) is 0 Å². The van der Waals surface area contributed by atoms with Gasteiger partial charge in [0.25, 0.3) is 0 Å². The molecule has 2 N–H and O–H groups in total. The summed E-state index contributed by atoms with van der Waals surface area (Å²) in [5.41, 5.74) is 8.45. The molecule has 0 aromatic carbocycles. The van der Waals surface area contributed by atoms with E-state index in [9.17, 15) is 0 Å². The van der Waals surface area contributed by atoms with E-state index in [2.05, 4.69) is 31.6 Å². The summed E-state index contributed by atoms with van der Waals surface area (Å²) in [6, 6.07) is 1.47. The van der Waals surface area contributed by atoms with Crippen LogP contribution in [0, 0.1) is 28.6 Å². The minimum Gasteiger partial charge on any atom is -0.254 e. The Hall–Kier alpha value is -0.0800. The Balaban J connectivity index is 1.55. The molecule has 3 unspecified atom stereocenters. The summed E-state index contributed by atoms with van der Waals surface area (Å²) in [7, 11) is 0. The number of fused-ring (bicyclic) bond motifs is 5. The maximum Gasteiger partial charge on any atom is 0.0303 e. The van der Waals surface area contributed by atoms with Gasteiger partial charge >= 0.3 is 0 Å². The summed E-state index contributed by atoms with van der Waals surface area (Å²) < 4.78 is 0. The molecule has 3 saturated carbocycles. The average Bonchev–Trinajstić information content (AvgIpc) is 3.06. The molecule has 0 radical (unpaired) electrons. The molecule has 0 aromatic rings. The summed E-state index contributed by atoms with van der Waals surface area (Å²) in [6.07, 6.45) is 8.71. The topological polar surface area (TPSA) is 24.1 Å². The predicted molar refractivity (Wildman–Crippen MR) is 73.9 cm³/mol. The standard InChI is InChI=1S/C16H28N2/c1-15(2)13-6-7-16(15,3)14-12(13)9-11(17-18-14)8-10-4-5-10/h10-14,17-18H,4-9H2,1-3H3/t11?,12?,13-,14?,16-/m1/s1. The number of nitrogens with one attached hydrogen (secondary N) is 2. The zero-order valence-electron chi connectivity index (χ0n) is 12.1. The molecular formula is C16H28N2. The Morgan fingerprint density at radius 2 is 1.83 bits per heavy atom. The Labute approximate surface area is 111 Å². The molecular weight excluding hydrogens is 220 g/mol. The molecule has 4 aliphatic rings. The fourth-order valence-corrected chi connectivity index (χ4v) is 5.65. The van der Waals surface area contributed by atoms with E-state index in [-0.39, 0.29) is 0 Å². The van der Waals surface area contributed by atoms with Gasteiger partial charge in [0.2, 0.25) is 0 Å². The summed E-state index contributed by atoms with van der Waals surface area (Å²) >= 11 is 0. The van der Waals surface area contributed by atoms with Crippen molar-refractivity contribution in [3.8, 4) is 0 Å². The lowest BCUT2D eigenvalue weighted by Gasteiger charge is -2.45. The zero-order valence-corrected chi connectivity index (χ0v) is 12.1. The molecule has 0 aromatic heterocycles. The summed E-state index contributed by atoms with van der Waals surface area (Å²) in [5, 5.41) is 0. The first-order valence-electron chi connectivity index (χ1n) is 8.03. The molecule has 102 valence electrons. The lowest BCUT2D eigenvalue weighted by molar-refractivity contribution is 0.0780. The van der Waals surface area contributed by atoms with Crippen LogP contribution in [0.15, 0.2) is 0 Å². The first-order chi connectivity index (χ1) is 8.52. The number of hydrogen-bond acceptors (Lipinski definition) is 2. The van der Waals surface area contributed by atoms with Crippen LogP contribution in [0.4, 0.5) is 0 Å². The number of hydrazine groups is 1. The van der Waals surface area contributed by atoms with Gasteiger partial charge in [-0.25, -0.2) is 0 Å². The van der Waals surface area contributed by atoms with Crippen LogP contribution in [0.2, 0.25) is 0 Å². The van der Waals surface area contributed by atoms with Crippen molar-refractivity contribution in [3.63, 3.8) is 0 Å². The van der Waals surface area contributed by atoms with Crippen molar-refractivity contribution in [2.75, 3.05) is 0 Å². The van der Waals surface area contributed by atoms with Gasteiger partial charge in [-0.2, -0.15) is 0 Å². The third kappa shape index (κ3) is 1.37. The molecule has 2 nitrogen and oxygen atoms in total. The Morgan fingerprint density at radius 1 is 1.06 bits per heavy atom. The van der Waals surface area contributed by atoms with Crippen molar-refractivity contribution < 1.29 is 0 Å². The molecule has 5 atom stereocenters. The minimum absolute atomic E-state index is 0.514. The third-order valence-electron chi connectivity index (χ3n) is 7.32. The van der Waals surface area contributed by atoms with Crippen molar-refractivity contribution in [2.24, 2.45) is 28.6 Å². The Bertz CT molecular complexity index is 360. The summed E-state index contributed by atoms with van der Waals surface area (Å²) in [6.45, 7) is 7.59. The predicted octanol–water partition coefficient (Wildman–Crippen LogP) is 3.09. The summed E-state index contributed by atoms with van der Waals surface area (Å²) in [4.78, 5) is 0. The van der Waals surface area contributed by atoms with Crippen LogP contribution >= 0.6 is 0 Å². The van der Waals surface area contributed by atoms with E-state index in [0.29, 0.717) is 10.8 Å². The molecule has 1 heterocycles. The van der Waals surface area contributed by atoms with E-state index in [1.54, 1.807) is 0 Å². The highest BCUT2D eigenvalue weighted by Gasteiger charge is 2.66. The van der Waals surface area contributed by atoms with Crippen LogP contribution in [-0.4, -0.2) is 12.1 Å².